The normalized spacial score (nSPS) is 17.8. The number of halogens is 1. The highest BCUT2D eigenvalue weighted by Gasteiger charge is 2.44. The highest BCUT2D eigenvalue weighted by atomic mass is 35.5. The summed E-state index contributed by atoms with van der Waals surface area (Å²) in [6, 6.07) is 3.62. The van der Waals surface area contributed by atoms with E-state index in [1.807, 2.05) is 19.2 Å². The smallest absolute Gasteiger partial charge is 0.229 e. The fraction of sp³-hybridized carbons (Fsp3) is 0.190. The van der Waals surface area contributed by atoms with E-state index in [9.17, 15) is 4.79 Å². The number of carbonyl (C=O) groups is 1. The van der Waals surface area contributed by atoms with Crippen LogP contribution in [0.1, 0.15) is 23.5 Å². The van der Waals surface area contributed by atoms with Crippen LogP contribution in [-0.4, -0.2) is 31.1 Å². The second kappa shape index (κ2) is 7.07. The summed E-state index contributed by atoms with van der Waals surface area (Å²) in [5.41, 5.74) is 9.56. The third-order valence-corrected chi connectivity index (χ3v) is 5.86. The van der Waals surface area contributed by atoms with Crippen molar-refractivity contribution in [1.82, 2.24) is 25.1 Å². The number of carbonyl (C=O) groups excluding carboxylic acids is 1. The van der Waals surface area contributed by atoms with Crippen molar-refractivity contribution in [3.8, 4) is 11.3 Å². The molecule has 8 nitrogen and oxygen atoms in total. The minimum Gasteiger partial charge on any atom is -0.383 e. The first-order chi connectivity index (χ1) is 14.5. The molecule has 30 heavy (non-hydrogen) atoms. The molecule has 150 valence electrons. The van der Waals surface area contributed by atoms with Crippen molar-refractivity contribution in [3.05, 3.63) is 59.3 Å². The van der Waals surface area contributed by atoms with Gasteiger partial charge in [-0.15, -0.1) is 0 Å². The number of amides is 1. The van der Waals surface area contributed by atoms with Gasteiger partial charge in [0.05, 0.1) is 16.9 Å². The van der Waals surface area contributed by atoms with E-state index in [0.717, 1.165) is 23.1 Å². The van der Waals surface area contributed by atoms with E-state index in [2.05, 4.69) is 30.5 Å². The van der Waals surface area contributed by atoms with Crippen LogP contribution in [0.15, 0.2) is 43.1 Å². The SMILES string of the molecule is Cc1ccncc1-c1nc(N)c2cnc(NC(=O)[C@@H]3C[C@H]3c3cn[nH]c3)cc2c1Cl. The Morgan fingerprint density at radius 3 is 2.93 bits per heavy atom. The molecular formula is C21H18ClN7O. The molecule has 5 rings (SSSR count). The molecule has 1 aliphatic carbocycles. The maximum absolute atomic E-state index is 12.6. The van der Waals surface area contributed by atoms with Crippen LogP contribution < -0.4 is 11.1 Å². The Morgan fingerprint density at radius 2 is 2.17 bits per heavy atom. The maximum Gasteiger partial charge on any atom is 0.229 e. The van der Waals surface area contributed by atoms with Crippen LogP contribution in [0.3, 0.4) is 0 Å². The molecule has 0 saturated heterocycles. The van der Waals surface area contributed by atoms with E-state index in [1.54, 1.807) is 30.9 Å². The van der Waals surface area contributed by atoms with Crippen molar-refractivity contribution < 1.29 is 4.79 Å². The zero-order valence-corrected chi connectivity index (χ0v) is 16.8. The van der Waals surface area contributed by atoms with E-state index in [1.165, 1.54) is 0 Å². The number of nitrogens with two attached hydrogens (primary N) is 1. The molecule has 0 unspecified atom stereocenters. The van der Waals surface area contributed by atoms with E-state index in [-0.39, 0.29) is 17.7 Å². The minimum atomic E-state index is -0.0910. The van der Waals surface area contributed by atoms with E-state index in [4.69, 9.17) is 17.3 Å². The van der Waals surface area contributed by atoms with Gasteiger partial charge in [-0.25, -0.2) is 9.97 Å². The van der Waals surface area contributed by atoms with Crippen LogP contribution in [0, 0.1) is 12.8 Å². The van der Waals surface area contributed by atoms with Gasteiger partial charge in [0.1, 0.15) is 11.6 Å². The number of hydrogen-bond acceptors (Lipinski definition) is 6. The van der Waals surface area contributed by atoms with Gasteiger partial charge < -0.3 is 11.1 Å². The van der Waals surface area contributed by atoms with Gasteiger partial charge in [-0.2, -0.15) is 5.10 Å². The van der Waals surface area contributed by atoms with E-state index >= 15 is 0 Å². The van der Waals surface area contributed by atoms with Crippen molar-refractivity contribution in [2.45, 2.75) is 19.3 Å². The Labute approximate surface area is 176 Å². The van der Waals surface area contributed by atoms with Crippen LogP contribution in [0.5, 0.6) is 0 Å². The molecule has 1 aliphatic rings. The maximum atomic E-state index is 12.6. The molecule has 4 N–H and O–H groups in total. The summed E-state index contributed by atoms with van der Waals surface area (Å²) in [4.78, 5) is 25.6. The molecule has 1 saturated carbocycles. The molecule has 4 heterocycles. The number of rotatable bonds is 4. The predicted octanol–water partition coefficient (Wildman–Crippen LogP) is 3.70. The number of pyridine rings is 3. The minimum absolute atomic E-state index is 0.0745. The topological polar surface area (TPSA) is 122 Å². The highest BCUT2D eigenvalue weighted by Crippen LogP contribution is 2.47. The number of anilines is 2. The number of nitrogen functional groups attached to an aromatic ring is 1. The third-order valence-electron chi connectivity index (χ3n) is 5.48. The van der Waals surface area contributed by atoms with Crippen LogP contribution in [0.2, 0.25) is 5.02 Å². The summed E-state index contributed by atoms with van der Waals surface area (Å²) in [7, 11) is 0. The molecule has 0 aromatic carbocycles. The van der Waals surface area contributed by atoms with E-state index < -0.39 is 0 Å². The molecule has 1 amide bonds. The van der Waals surface area contributed by atoms with Gasteiger partial charge in [-0.1, -0.05) is 11.6 Å². The van der Waals surface area contributed by atoms with Crippen LogP contribution in [-0.2, 0) is 4.79 Å². The predicted molar refractivity (Wildman–Crippen MR) is 115 cm³/mol. The number of H-pyrrole nitrogens is 1. The first-order valence-corrected chi connectivity index (χ1v) is 9.86. The van der Waals surface area contributed by atoms with Crippen LogP contribution >= 0.6 is 11.6 Å². The molecule has 0 bridgehead atoms. The second-order valence-electron chi connectivity index (χ2n) is 7.43. The van der Waals surface area contributed by atoms with Gasteiger partial charge in [0.2, 0.25) is 5.91 Å². The average Bonchev–Trinajstić information content (AvgIpc) is 3.36. The third kappa shape index (κ3) is 3.15. The monoisotopic (exact) mass is 419 g/mol. The highest BCUT2D eigenvalue weighted by molar-refractivity contribution is 6.38. The van der Waals surface area contributed by atoms with Crippen molar-refractivity contribution in [2.75, 3.05) is 11.1 Å². The summed E-state index contributed by atoms with van der Waals surface area (Å²) in [5, 5.41) is 11.4. The molecule has 2 atom stereocenters. The first-order valence-electron chi connectivity index (χ1n) is 9.48. The largest absolute Gasteiger partial charge is 0.383 e. The Hall–Kier alpha value is -3.52. The van der Waals surface area contributed by atoms with Gasteiger partial charge in [0, 0.05) is 47.0 Å². The zero-order chi connectivity index (χ0) is 20.8. The first kappa shape index (κ1) is 18.5. The molecule has 0 aliphatic heterocycles. The fourth-order valence-corrected chi connectivity index (χ4v) is 3.99. The summed E-state index contributed by atoms with van der Waals surface area (Å²) < 4.78 is 0. The lowest BCUT2D eigenvalue weighted by Crippen LogP contribution is -2.15. The number of nitrogens with one attached hydrogen (secondary N) is 2. The lowest BCUT2D eigenvalue weighted by Gasteiger charge is -2.12. The summed E-state index contributed by atoms with van der Waals surface area (Å²) in [5.74, 6) is 0.765. The number of fused-ring (bicyclic) bond motifs is 1. The van der Waals surface area contributed by atoms with Crippen molar-refractivity contribution in [1.29, 1.82) is 0 Å². The summed E-state index contributed by atoms with van der Waals surface area (Å²) >= 11 is 6.70. The van der Waals surface area contributed by atoms with Crippen molar-refractivity contribution in [2.24, 2.45) is 5.92 Å². The molecule has 9 heteroatoms. The summed E-state index contributed by atoms with van der Waals surface area (Å²) in [6.07, 6.45) is 9.37. The van der Waals surface area contributed by atoms with E-state index in [0.29, 0.717) is 33.1 Å². The molecular weight excluding hydrogens is 402 g/mol. The fourth-order valence-electron chi connectivity index (χ4n) is 3.69. The Kier molecular flexibility index (Phi) is 4.36. The van der Waals surface area contributed by atoms with Gasteiger partial charge in [-0.3, -0.25) is 14.9 Å². The molecule has 0 radical (unpaired) electrons. The molecule has 1 fully saturated rings. The van der Waals surface area contributed by atoms with Crippen molar-refractivity contribution >= 4 is 39.9 Å². The van der Waals surface area contributed by atoms with Gasteiger partial charge in [0.15, 0.2) is 0 Å². The number of hydrogen-bond donors (Lipinski definition) is 3. The van der Waals surface area contributed by atoms with Gasteiger partial charge in [0.25, 0.3) is 0 Å². The van der Waals surface area contributed by atoms with Crippen LogP contribution in [0.25, 0.3) is 22.0 Å². The number of aromatic nitrogens is 5. The Bertz CT molecular complexity index is 1270. The van der Waals surface area contributed by atoms with Gasteiger partial charge >= 0.3 is 0 Å². The standard InChI is InChI=1S/C21H18ClN7O/c1-10-2-3-24-8-15(10)19-18(22)13-5-17(25-9-16(13)20(23)29-19)28-21(30)14-4-12(14)11-6-26-27-7-11/h2-3,5-9,12,14H,4H2,1H3,(H2,23,29)(H,26,27)(H,25,28,30)/t12-,14+/m0/s1. The number of aromatic amines is 1. The van der Waals surface area contributed by atoms with Gasteiger partial charge in [-0.05, 0) is 42.5 Å². The Balaban J connectivity index is 1.47. The number of aryl methyl sites for hydroxylation is 1. The number of nitrogens with zero attached hydrogens (tertiary/aromatic N) is 4. The second-order valence-corrected chi connectivity index (χ2v) is 7.81. The lowest BCUT2D eigenvalue weighted by molar-refractivity contribution is -0.117. The van der Waals surface area contributed by atoms with Crippen molar-refractivity contribution in [3.63, 3.8) is 0 Å². The zero-order valence-electron chi connectivity index (χ0n) is 16.1. The van der Waals surface area contributed by atoms with Crippen LogP contribution in [0.4, 0.5) is 11.6 Å². The molecule has 4 aromatic rings. The quantitative estimate of drug-likeness (QED) is 0.463. The molecule has 0 spiro atoms. The average molecular weight is 420 g/mol. The molecule has 4 aromatic heterocycles. The summed E-state index contributed by atoms with van der Waals surface area (Å²) in [6.45, 7) is 1.96. The Morgan fingerprint density at radius 1 is 1.30 bits per heavy atom. The lowest BCUT2D eigenvalue weighted by atomic mass is 10.1.